The Balaban J connectivity index is 1.45. The molecule has 1 N–H and O–H groups in total. The number of likely N-dealkylation sites (tertiary alicyclic amines) is 1. The maximum atomic E-state index is 5.42. The molecule has 0 spiro atoms. The Morgan fingerprint density at radius 2 is 1.70 bits per heavy atom. The first-order valence-electron chi connectivity index (χ1n) is 7.90. The molecule has 0 radical (unpaired) electrons. The van der Waals surface area contributed by atoms with Crippen LogP contribution in [0.4, 0.5) is 0 Å². The molecule has 0 bridgehead atoms. The standard InChI is InChI=1S/C17H26N2O/c1-20-17-8-10-19(11-9-17)13-15-4-2-14(3-5-15)12-18-16-6-7-16/h2-5,16-18H,6-13H2,1H3. The van der Waals surface area contributed by atoms with E-state index in [4.69, 9.17) is 4.74 Å². The molecule has 1 aliphatic heterocycles. The quantitative estimate of drug-likeness (QED) is 0.863. The summed E-state index contributed by atoms with van der Waals surface area (Å²) in [7, 11) is 1.83. The number of nitrogens with zero attached hydrogens (tertiary/aromatic N) is 1. The lowest BCUT2D eigenvalue weighted by atomic mass is 10.1. The number of nitrogens with one attached hydrogen (secondary N) is 1. The van der Waals surface area contributed by atoms with Crippen LogP contribution in [0.3, 0.4) is 0 Å². The lowest BCUT2D eigenvalue weighted by Crippen LogP contribution is -2.36. The molecule has 1 aliphatic carbocycles. The van der Waals surface area contributed by atoms with Gasteiger partial charge in [-0.2, -0.15) is 0 Å². The molecule has 1 aromatic carbocycles. The van der Waals surface area contributed by atoms with E-state index in [2.05, 4.69) is 34.5 Å². The van der Waals surface area contributed by atoms with Crippen molar-refractivity contribution in [2.45, 2.75) is 50.9 Å². The van der Waals surface area contributed by atoms with E-state index >= 15 is 0 Å². The second kappa shape index (κ2) is 6.70. The first-order valence-corrected chi connectivity index (χ1v) is 7.90. The maximum absolute atomic E-state index is 5.42. The number of ether oxygens (including phenoxy) is 1. The smallest absolute Gasteiger partial charge is 0.0595 e. The van der Waals surface area contributed by atoms with Crippen LogP contribution in [0.1, 0.15) is 36.8 Å². The minimum Gasteiger partial charge on any atom is -0.381 e. The zero-order chi connectivity index (χ0) is 13.8. The Labute approximate surface area is 122 Å². The third kappa shape index (κ3) is 4.05. The second-order valence-corrected chi connectivity index (χ2v) is 6.18. The minimum absolute atomic E-state index is 0.474. The van der Waals surface area contributed by atoms with Crippen molar-refractivity contribution < 1.29 is 4.74 Å². The molecule has 1 heterocycles. The predicted molar refractivity (Wildman–Crippen MR) is 81.6 cm³/mol. The largest absolute Gasteiger partial charge is 0.381 e. The molecule has 3 nitrogen and oxygen atoms in total. The van der Waals surface area contributed by atoms with Gasteiger partial charge in [-0.15, -0.1) is 0 Å². The lowest BCUT2D eigenvalue weighted by molar-refractivity contribution is 0.0388. The molecule has 1 saturated heterocycles. The van der Waals surface area contributed by atoms with E-state index in [0.717, 1.165) is 32.2 Å². The van der Waals surface area contributed by atoms with Gasteiger partial charge in [0.2, 0.25) is 0 Å². The van der Waals surface area contributed by atoms with Crippen molar-refractivity contribution in [3.8, 4) is 0 Å². The van der Waals surface area contributed by atoms with Crippen molar-refractivity contribution in [2.75, 3.05) is 20.2 Å². The van der Waals surface area contributed by atoms with Crippen LogP contribution < -0.4 is 5.32 Å². The third-order valence-corrected chi connectivity index (χ3v) is 4.47. The van der Waals surface area contributed by atoms with Crippen molar-refractivity contribution >= 4 is 0 Å². The summed E-state index contributed by atoms with van der Waals surface area (Å²) in [6, 6.07) is 9.90. The van der Waals surface area contributed by atoms with Gasteiger partial charge in [0.05, 0.1) is 6.10 Å². The number of hydrogen-bond donors (Lipinski definition) is 1. The van der Waals surface area contributed by atoms with Crippen LogP contribution in [0.2, 0.25) is 0 Å². The van der Waals surface area contributed by atoms with Gasteiger partial charge in [-0.1, -0.05) is 24.3 Å². The van der Waals surface area contributed by atoms with Gasteiger partial charge >= 0.3 is 0 Å². The summed E-state index contributed by atoms with van der Waals surface area (Å²) >= 11 is 0. The predicted octanol–water partition coefficient (Wildman–Crippen LogP) is 2.55. The van der Waals surface area contributed by atoms with Gasteiger partial charge in [0.15, 0.2) is 0 Å². The molecule has 20 heavy (non-hydrogen) atoms. The summed E-state index contributed by atoms with van der Waals surface area (Å²) in [5.41, 5.74) is 2.83. The van der Waals surface area contributed by atoms with Crippen LogP contribution in [-0.4, -0.2) is 37.2 Å². The van der Waals surface area contributed by atoms with Crippen LogP contribution in [-0.2, 0) is 17.8 Å². The molecular formula is C17H26N2O. The Morgan fingerprint density at radius 1 is 1.05 bits per heavy atom. The van der Waals surface area contributed by atoms with Crippen LogP contribution >= 0.6 is 0 Å². The first-order chi connectivity index (χ1) is 9.83. The van der Waals surface area contributed by atoms with Crippen molar-refractivity contribution in [2.24, 2.45) is 0 Å². The average molecular weight is 274 g/mol. The second-order valence-electron chi connectivity index (χ2n) is 6.18. The van der Waals surface area contributed by atoms with Crippen molar-refractivity contribution in [3.05, 3.63) is 35.4 Å². The van der Waals surface area contributed by atoms with Crippen LogP contribution in [0.5, 0.6) is 0 Å². The summed E-state index contributed by atoms with van der Waals surface area (Å²) in [4.78, 5) is 2.53. The Kier molecular flexibility index (Phi) is 4.71. The number of piperidine rings is 1. The fourth-order valence-electron chi connectivity index (χ4n) is 2.87. The Bertz CT molecular complexity index is 406. The fourth-order valence-corrected chi connectivity index (χ4v) is 2.87. The van der Waals surface area contributed by atoms with Crippen LogP contribution in [0.15, 0.2) is 24.3 Å². The average Bonchev–Trinajstić information content (AvgIpc) is 3.32. The van der Waals surface area contributed by atoms with E-state index in [-0.39, 0.29) is 0 Å². The van der Waals surface area contributed by atoms with Crippen LogP contribution in [0.25, 0.3) is 0 Å². The Hall–Kier alpha value is -0.900. The third-order valence-electron chi connectivity index (χ3n) is 4.47. The molecule has 110 valence electrons. The molecule has 0 aromatic heterocycles. The molecule has 1 aromatic rings. The zero-order valence-corrected chi connectivity index (χ0v) is 12.5. The summed E-state index contributed by atoms with van der Waals surface area (Å²) in [6.45, 7) is 4.41. The lowest BCUT2D eigenvalue weighted by Gasteiger charge is -2.31. The van der Waals surface area contributed by atoms with Gasteiger partial charge in [-0.05, 0) is 36.8 Å². The van der Waals surface area contributed by atoms with E-state index in [1.54, 1.807) is 0 Å². The van der Waals surface area contributed by atoms with E-state index in [1.165, 1.54) is 36.8 Å². The molecular weight excluding hydrogens is 248 g/mol. The molecule has 0 atom stereocenters. The SMILES string of the molecule is COC1CCN(Cc2ccc(CNC3CC3)cc2)CC1. The number of hydrogen-bond acceptors (Lipinski definition) is 3. The normalized spacial score (nSPS) is 21.2. The van der Waals surface area contributed by atoms with E-state index in [1.807, 2.05) is 7.11 Å². The zero-order valence-electron chi connectivity index (χ0n) is 12.5. The Morgan fingerprint density at radius 3 is 2.30 bits per heavy atom. The van der Waals surface area contributed by atoms with Crippen molar-refractivity contribution in [3.63, 3.8) is 0 Å². The summed E-state index contributed by atoms with van der Waals surface area (Å²) < 4.78 is 5.42. The monoisotopic (exact) mass is 274 g/mol. The minimum atomic E-state index is 0.474. The molecule has 2 fully saturated rings. The van der Waals surface area contributed by atoms with Gasteiger partial charge in [0.1, 0.15) is 0 Å². The molecule has 0 amide bonds. The highest BCUT2D eigenvalue weighted by Crippen LogP contribution is 2.20. The van der Waals surface area contributed by atoms with Gasteiger partial charge in [0, 0.05) is 39.3 Å². The van der Waals surface area contributed by atoms with Gasteiger partial charge in [-0.3, -0.25) is 4.90 Å². The van der Waals surface area contributed by atoms with Gasteiger partial charge in [0.25, 0.3) is 0 Å². The molecule has 1 saturated carbocycles. The number of benzene rings is 1. The van der Waals surface area contributed by atoms with Gasteiger partial charge < -0.3 is 10.1 Å². The van der Waals surface area contributed by atoms with Gasteiger partial charge in [-0.25, -0.2) is 0 Å². The summed E-state index contributed by atoms with van der Waals surface area (Å²) in [5, 5.41) is 3.56. The highest BCUT2D eigenvalue weighted by atomic mass is 16.5. The van der Waals surface area contributed by atoms with E-state index < -0.39 is 0 Å². The molecule has 0 unspecified atom stereocenters. The summed E-state index contributed by atoms with van der Waals surface area (Å²) in [5.74, 6) is 0. The first kappa shape index (κ1) is 14.1. The van der Waals surface area contributed by atoms with E-state index in [9.17, 15) is 0 Å². The molecule has 2 aliphatic rings. The maximum Gasteiger partial charge on any atom is 0.0595 e. The fraction of sp³-hybridized carbons (Fsp3) is 0.647. The number of rotatable bonds is 6. The highest BCUT2D eigenvalue weighted by Gasteiger charge is 2.20. The topological polar surface area (TPSA) is 24.5 Å². The molecule has 3 heteroatoms. The van der Waals surface area contributed by atoms with Crippen molar-refractivity contribution in [1.29, 1.82) is 0 Å². The van der Waals surface area contributed by atoms with E-state index in [0.29, 0.717) is 6.10 Å². The molecule has 3 rings (SSSR count). The highest BCUT2D eigenvalue weighted by molar-refractivity contribution is 5.22. The summed E-state index contributed by atoms with van der Waals surface area (Å²) in [6.07, 6.45) is 5.52. The number of methoxy groups -OCH3 is 1. The van der Waals surface area contributed by atoms with Crippen molar-refractivity contribution in [1.82, 2.24) is 10.2 Å². The van der Waals surface area contributed by atoms with Crippen LogP contribution in [0, 0.1) is 0 Å².